The molecule has 0 aromatic heterocycles. The summed E-state index contributed by atoms with van der Waals surface area (Å²) >= 11 is 6.05. The first kappa shape index (κ1) is 13.3. The Hall–Kier alpha value is -1.73. The van der Waals surface area contributed by atoms with Gasteiger partial charge < -0.3 is 9.47 Å². The van der Waals surface area contributed by atoms with E-state index in [2.05, 4.69) is 10.8 Å². The fourth-order valence-corrected chi connectivity index (χ4v) is 1.80. The van der Waals surface area contributed by atoms with Gasteiger partial charge in [0.25, 0.3) is 0 Å². The van der Waals surface area contributed by atoms with Crippen LogP contribution in [0, 0.1) is 11.3 Å². The van der Waals surface area contributed by atoms with Crippen LogP contribution in [0.3, 0.4) is 0 Å². The minimum Gasteiger partial charge on any atom is -0.495 e. The lowest BCUT2D eigenvalue weighted by molar-refractivity contribution is 0.0599. The number of esters is 1. The molecule has 0 fully saturated rings. The van der Waals surface area contributed by atoms with Gasteiger partial charge in [-0.1, -0.05) is 17.7 Å². The second kappa shape index (κ2) is 5.55. The highest BCUT2D eigenvalue weighted by Gasteiger charge is 2.22. The van der Waals surface area contributed by atoms with Crippen LogP contribution < -0.4 is 4.74 Å². The summed E-state index contributed by atoms with van der Waals surface area (Å²) < 4.78 is 9.69. The summed E-state index contributed by atoms with van der Waals surface area (Å²) in [4.78, 5) is 11.7. The molecule has 1 aromatic rings. The van der Waals surface area contributed by atoms with E-state index in [1.165, 1.54) is 14.2 Å². The highest BCUT2D eigenvalue weighted by Crippen LogP contribution is 2.34. The minimum absolute atomic E-state index is 0.166. The van der Waals surface area contributed by atoms with E-state index in [1.54, 1.807) is 19.1 Å². The standard InChI is InChI=1S/C12H12ClNO3/c1-7(6-14)8-4-5-9(16-2)11(13)10(8)12(15)17-3/h4-5,7H,1-3H3. The van der Waals surface area contributed by atoms with Crippen molar-refractivity contribution in [3.05, 3.63) is 28.3 Å². The molecule has 0 saturated heterocycles. The van der Waals surface area contributed by atoms with Crippen LogP contribution in [-0.4, -0.2) is 20.2 Å². The van der Waals surface area contributed by atoms with Crippen molar-refractivity contribution in [3.63, 3.8) is 0 Å². The lowest BCUT2D eigenvalue weighted by Gasteiger charge is -2.13. The molecule has 90 valence electrons. The summed E-state index contributed by atoms with van der Waals surface area (Å²) in [6, 6.07) is 5.32. The van der Waals surface area contributed by atoms with Gasteiger partial charge in [-0.3, -0.25) is 0 Å². The summed E-state index contributed by atoms with van der Waals surface area (Å²) in [6.07, 6.45) is 0. The molecule has 0 bridgehead atoms. The first-order chi connectivity index (χ1) is 8.06. The fraction of sp³-hybridized carbons (Fsp3) is 0.333. The van der Waals surface area contributed by atoms with Crippen molar-refractivity contribution in [2.24, 2.45) is 0 Å². The number of carbonyl (C=O) groups is 1. The molecule has 17 heavy (non-hydrogen) atoms. The highest BCUT2D eigenvalue weighted by molar-refractivity contribution is 6.35. The van der Waals surface area contributed by atoms with Gasteiger partial charge in [-0.25, -0.2) is 4.79 Å². The van der Waals surface area contributed by atoms with Crippen LogP contribution in [-0.2, 0) is 4.74 Å². The second-order valence-corrected chi connectivity index (χ2v) is 3.77. The Morgan fingerprint density at radius 1 is 1.47 bits per heavy atom. The molecule has 0 heterocycles. The van der Waals surface area contributed by atoms with Crippen LogP contribution in [0.4, 0.5) is 0 Å². The van der Waals surface area contributed by atoms with E-state index in [0.717, 1.165) is 0 Å². The van der Waals surface area contributed by atoms with Crippen molar-refractivity contribution in [1.82, 2.24) is 0 Å². The molecular formula is C12H12ClNO3. The molecule has 0 aliphatic heterocycles. The summed E-state index contributed by atoms with van der Waals surface area (Å²) in [6.45, 7) is 1.69. The average molecular weight is 254 g/mol. The van der Waals surface area contributed by atoms with Crippen molar-refractivity contribution in [2.75, 3.05) is 14.2 Å². The molecule has 0 spiro atoms. The Kier molecular flexibility index (Phi) is 4.36. The molecular weight excluding hydrogens is 242 g/mol. The molecule has 0 aliphatic carbocycles. The summed E-state index contributed by atoms with van der Waals surface area (Å²) in [5, 5.41) is 9.07. The number of nitrogens with zero attached hydrogens (tertiary/aromatic N) is 1. The van der Waals surface area contributed by atoms with Crippen molar-refractivity contribution in [2.45, 2.75) is 12.8 Å². The zero-order valence-electron chi connectivity index (χ0n) is 9.78. The molecule has 0 N–H and O–H groups in total. The summed E-state index contributed by atoms with van der Waals surface area (Å²) in [5.41, 5.74) is 0.715. The minimum atomic E-state index is -0.578. The maximum atomic E-state index is 11.7. The van der Waals surface area contributed by atoms with Gasteiger partial charge in [0.1, 0.15) is 5.75 Å². The first-order valence-electron chi connectivity index (χ1n) is 4.91. The Morgan fingerprint density at radius 3 is 2.59 bits per heavy atom. The molecule has 1 unspecified atom stereocenters. The number of carbonyl (C=O) groups excluding carboxylic acids is 1. The molecule has 4 nitrogen and oxygen atoms in total. The van der Waals surface area contributed by atoms with Gasteiger partial charge in [0, 0.05) is 0 Å². The van der Waals surface area contributed by atoms with Gasteiger partial charge in [-0.15, -0.1) is 0 Å². The van der Waals surface area contributed by atoms with Crippen LogP contribution in [0.1, 0.15) is 28.8 Å². The molecule has 1 aromatic carbocycles. The predicted molar refractivity (Wildman–Crippen MR) is 63.4 cm³/mol. The van der Waals surface area contributed by atoms with E-state index in [9.17, 15) is 4.79 Å². The van der Waals surface area contributed by atoms with Crippen LogP contribution in [0.5, 0.6) is 5.75 Å². The molecule has 0 radical (unpaired) electrons. The molecule has 5 heteroatoms. The third-order valence-electron chi connectivity index (χ3n) is 2.41. The maximum absolute atomic E-state index is 11.7. The smallest absolute Gasteiger partial charge is 0.339 e. The van der Waals surface area contributed by atoms with Crippen LogP contribution >= 0.6 is 11.6 Å². The topological polar surface area (TPSA) is 59.3 Å². The highest BCUT2D eigenvalue weighted by atomic mass is 35.5. The molecule has 1 rings (SSSR count). The van der Waals surface area contributed by atoms with E-state index in [1.807, 2.05) is 0 Å². The van der Waals surface area contributed by atoms with Gasteiger partial charge in [-0.05, 0) is 18.6 Å². The Balaban J connectivity index is 3.47. The third kappa shape index (κ3) is 2.51. The number of nitriles is 1. The normalized spacial score (nSPS) is 11.5. The quantitative estimate of drug-likeness (QED) is 0.777. The van der Waals surface area contributed by atoms with Crippen molar-refractivity contribution >= 4 is 17.6 Å². The van der Waals surface area contributed by atoms with E-state index in [4.69, 9.17) is 21.6 Å². The Morgan fingerprint density at radius 2 is 2.12 bits per heavy atom. The Labute approximate surface area is 105 Å². The fourth-order valence-electron chi connectivity index (χ4n) is 1.47. The number of hydrogen-bond acceptors (Lipinski definition) is 4. The van der Waals surface area contributed by atoms with E-state index in [0.29, 0.717) is 11.3 Å². The van der Waals surface area contributed by atoms with E-state index < -0.39 is 11.9 Å². The molecule has 0 aliphatic rings. The predicted octanol–water partition coefficient (Wildman–Crippen LogP) is 2.76. The lowest BCUT2D eigenvalue weighted by Crippen LogP contribution is -2.09. The molecule has 0 saturated carbocycles. The summed E-state index contributed by atoms with van der Waals surface area (Å²) in [7, 11) is 2.72. The van der Waals surface area contributed by atoms with Crippen LogP contribution in [0.15, 0.2) is 12.1 Å². The van der Waals surface area contributed by atoms with Gasteiger partial charge in [0.15, 0.2) is 0 Å². The van der Waals surface area contributed by atoms with Gasteiger partial charge >= 0.3 is 5.97 Å². The SMILES string of the molecule is COC(=O)c1c(C(C)C#N)ccc(OC)c1Cl. The number of methoxy groups -OCH3 is 2. The maximum Gasteiger partial charge on any atom is 0.339 e. The van der Waals surface area contributed by atoms with E-state index >= 15 is 0 Å². The molecule has 1 atom stereocenters. The van der Waals surface area contributed by atoms with Crippen molar-refractivity contribution in [3.8, 4) is 11.8 Å². The number of rotatable bonds is 3. The third-order valence-corrected chi connectivity index (χ3v) is 2.78. The van der Waals surface area contributed by atoms with Gasteiger partial charge in [-0.2, -0.15) is 5.26 Å². The zero-order chi connectivity index (χ0) is 13.0. The lowest BCUT2D eigenvalue weighted by atomic mass is 9.96. The number of hydrogen-bond donors (Lipinski definition) is 0. The zero-order valence-corrected chi connectivity index (χ0v) is 10.5. The van der Waals surface area contributed by atoms with Crippen LogP contribution in [0.2, 0.25) is 5.02 Å². The van der Waals surface area contributed by atoms with Crippen molar-refractivity contribution in [1.29, 1.82) is 5.26 Å². The van der Waals surface area contributed by atoms with Crippen molar-refractivity contribution < 1.29 is 14.3 Å². The first-order valence-corrected chi connectivity index (χ1v) is 5.28. The number of benzene rings is 1. The largest absolute Gasteiger partial charge is 0.495 e. The van der Waals surface area contributed by atoms with E-state index in [-0.39, 0.29) is 10.6 Å². The number of halogens is 1. The Bertz CT molecular complexity index is 479. The monoisotopic (exact) mass is 253 g/mol. The summed E-state index contributed by atoms with van der Waals surface area (Å²) in [5.74, 6) is -0.653. The van der Waals surface area contributed by atoms with Gasteiger partial charge in [0.05, 0.1) is 36.8 Å². The average Bonchev–Trinajstić information content (AvgIpc) is 2.36. The number of ether oxygens (including phenoxy) is 2. The second-order valence-electron chi connectivity index (χ2n) is 3.39. The molecule has 0 amide bonds. The van der Waals surface area contributed by atoms with Gasteiger partial charge in [0.2, 0.25) is 0 Å². The van der Waals surface area contributed by atoms with Crippen LogP contribution in [0.25, 0.3) is 0 Å².